The highest BCUT2D eigenvalue weighted by molar-refractivity contribution is 7.13. The predicted molar refractivity (Wildman–Crippen MR) is 80.3 cm³/mol. The number of thiazole rings is 1. The van der Waals surface area contributed by atoms with Crippen LogP contribution in [-0.4, -0.2) is 43.2 Å². The first kappa shape index (κ1) is 12.2. The van der Waals surface area contributed by atoms with Gasteiger partial charge >= 0.3 is 0 Å². The number of aromatic nitrogens is 2. The maximum Gasteiger partial charge on any atom is 0.185 e. The third kappa shape index (κ3) is 2.63. The normalized spacial score (nSPS) is 15.6. The molecule has 6 heteroatoms. The number of nitrogens with zero attached hydrogens (tertiary/aromatic N) is 4. The molecular formula is C13H17N5S. The molecule has 0 spiro atoms. The van der Waals surface area contributed by atoms with Crippen molar-refractivity contribution in [1.29, 1.82) is 0 Å². The molecule has 100 valence electrons. The Balaban J connectivity index is 1.66. The van der Waals surface area contributed by atoms with Crippen LogP contribution < -0.4 is 15.1 Å². The summed E-state index contributed by atoms with van der Waals surface area (Å²) < 4.78 is 0. The lowest BCUT2D eigenvalue weighted by atomic mass is 10.2. The molecule has 1 aliphatic heterocycles. The molecule has 0 aromatic carbocycles. The number of rotatable bonds is 3. The average molecular weight is 275 g/mol. The fraction of sp³-hybridized carbons (Fsp3) is 0.385. The number of hydrogen-bond donors (Lipinski definition) is 1. The SMILES string of the molecule is CNc1cncc(N2CCN(c3nccs3)CC2)c1. The second-order valence-corrected chi connectivity index (χ2v) is 5.34. The minimum Gasteiger partial charge on any atom is -0.387 e. The molecule has 19 heavy (non-hydrogen) atoms. The number of pyridine rings is 1. The lowest BCUT2D eigenvalue weighted by molar-refractivity contribution is 0.651. The quantitative estimate of drug-likeness (QED) is 0.927. The van der Waals surface area contributed by atoms with E-state index in [-0.39, 0.29) is 0 Å². The summed E-state index contributed by atoms with van der Waals surface area (Å²) in [4.78, 5) is 13.4. The van der Waals surface area contributed by atoms with Gasteiger partial charge in [-0.15, -0.1) is 11.3 Å². The van der Waals surface area contributed by atoms with Crippen molar-refractivity contribution in [2.24, 2.45) is 0 Å². The molecule has 0 amide bonds. The summed E-state index contributed by atoms with van der Waals surface area (Å²) in [5.41, 5.74) is 2.24. The van der Waals surface area contributed by atoms with Crippen LogP contribution in [0.4, 0.5) is 16.5 Å². The van der Waals surface area contributed by atoms with Crippen molar-refractivity contribution >= 4 is 27.8 Å². The summed E-state index contributed by atoms with van der Waals surface area (Å²) in [7, 11) is 1.92. The minimum atomic E-state index is 1.01. The molecule has 1 fully saturated rings. The van der Waals surface area contributed by atoms with Gasteiger partial charge in [0.05, 0.1) is 23.8 Å². The molecule has 5 nitrogen and oxygen atoms in total. The van der Waals surface area contributed by atoms with Crippen LogP contribution in [0.25, 0.3) is 0 Å². The van der Waals surface area contributed by atoms with Gasteiger partial charge in [0.2, 0.25) is 0 Å². The van der Waals surface area contributed by atoms with Crippen LogP contribution in [0.3, 0.4) is 0 Å². The lowest BCUT2D eigenvalue weighted by Crippen LogP contribution is -2.46. The molecule has 0 aliphatic carbocycles. The van der Waals surface area contributed by atoms with Gasteiger partial charge in [0, 0.05) is 44.8 Å². The van der Waals surface area contributed by atoms with Gasteiger partial charge in [-0.05, 0) is 6.07 Å². The first-order valence-corrected chi connectivity index (χ1v) is 7.27. The Morgan fingerprint density at radius 1 is 1.16 bits per heavy atom. The van der Waals surface area contributed by atoms with Crippen LogP contribution in [-0.2, 0) is 0 Å². The van der Waals surface area contributed by atoms with E-state index in [9.17, 15) is 0 Å². The zero-order chi connectivity index (χ0) is 13.1. The summed E-state index contributed by atoms with van der Waals surface area (Å²) in [6.45, 7) is 4.04. The number of hydrogen-bond acceptors (Lipinski definition) is 6. The Hall–Kier alpha value is -1.82. The van der Waals surface area contributed by atoms with Crippen molar-refractivity contribution in [2.75, 3.05) is 48.3 Å². The molecule has 0 atom stereocenters. The second-order valence-electron chi connectivity index (χ2n) is 4.47. The molecular weight excluding hydrogens is 258 g/mol. The van der Waals surface area contributed by atoms with Crippen LogP contribution in [0.5, 0.6) is 0 Å². The molecule has 0 saturated carbocycles. The molecule has 0 unspecified atom stereocenters. The van der Waals surface area contributed by atoms with Crippen LogP contribution in [0.2, 0.25) is 0 Å². The van der Waals surface area contributed by atoms with Crippen LogP contribution >= 0.6 is 11.3 Å². The number of nitrogens with one attached hydrogen (secondary N) is 1. The van der Waals surface area contributed by atoms with E-state index in [1.165, 1.54) is 5.69 Å². The molecule has 0 bridgehead atoms. The minimum absolute atomic E-state index is 1.01. The van der Waals surface area contributed by atoms with Gasteiger partial charge in [-0.25, -0.2) is 4.98 Å². The topological polar surface area (TPSA) is 44.3 Å². The predicted octanol–water partition coefficient (Wildman–Crippen LogP) is 1.91. The van der Waals surface area contributed by atoms with Crippen LogP contribution in [0.15, 0.2) is 30.0 Å². The maximum atomic E-state index is 4.37. The maximum absolute atomic E-state index is 4.37. The molecule has 1 saturated heterocycles. The zero-order valence-corrected chi connectivity index (χ0v) is 11.7. The highest BCUT2D eigenvalue weighted by Crippen LogP contribution is 2.22. The molecule has 1 N–H and O–H groups in total. The van der Waals surface area contributed by atoms with Crippen molar-refractivity contribution in [3.05, 3.63) is 30.0 Å². The molecule has 3 heterocycles. The monoisotopic (exact) mass is 275 g/mol. The largest absolute Gasteiger partial charge is 0.387 e. The third-order valence-electron chi connectivity index (χ3n) is 3.35. The summed E-state index contributed by atoms with van der Waals surface area (Å²) in [6.07, 6.45) is 5.64. The van der Waals surface area contributed by atoms with E-state index in [1.807, 2.05) is 31.0 Å². The Morgan fingerprint density at radius 2 is 1.95 bits per heavy atom. The van der Waals surface area contributed by atoms with Gasteiger partial charge in [-0.3, -0.25) is 4.98 Å². The molecule has 1 aliphatic rings. The summed E-state index contributed by atoms with van der Waals surface area (Å²) in [5, 5.41) is 6.29. The van der Waals surface area contributed by atoms with Gasteiger partial charge in [0.1, 0.15) is 0 Å². The smallest absolute Gasteiger partial charge is 0.185 e. The Bertz CT molecular complexity index is 520. The first-order chi connectivity index (χ1) is 9.36. The lowest BCUT2D eigenvalue weighted by Gasteiger charge is -2.35. The van der Waals surface area contributed by atoms with Gasteiger partial charge in [0.25, 0.3) is 0 Å². The van der Waals surface area contributed by atoms with Crippen molar-refractivity contribution in [2.45, 2.75) is 0 Å². The standard InChI is InChI=1S/C13H17N5S/c1-14-11-8-12(10-15-9-11)17-3-5-18(6-4-17)13-16-2-7-19-13/h2,7-10,14H,3-6H2,1H3. The molecule has 3 rings (SSSR count). The Labute approximate surface area is 116 Å². The second kappa shape index (κ2) is 5.44. The van der Waals surface area contributed by atoms with E-state index in [1.54, 1.807) is 11.3 Å². The van der Waals surface area contributed by atoms with Crippen molar-refractivity contribution in [3.63, 3.8) is 0 Å². The van der Waals surface area contributed by atoms with Crippen molar-refractivity contribution < 1.29 is 0 Å². The highest BCUT2D eigenvalue weighted by Gasteiger charge is 2.19. The van der Waals surface area contributed by atoms with Crippen molar-refractivity contribution in [3.8, 4) is 0 Å². The van der Waals surface area contributed by atoms with E-state index in [0.29, 0.717) is 0 Å². The zero-order valence-electron chi connectivity index (χ0n) is 10.9. The fourth-order valence-corrected chi connectivity index (χ4v) is 2.96. The third-order valence-corrected chi connectivity index (χ3v) is 4.18. The van der Waals surface area contributed by atoms with E-state index in [4.69, 9.17) is 0 Å². The van der Waals surface area contributed by atoms with E-state index in [2.05, 4.69) is 31.2 Å². The first-order valence-electron chi connectivity index (χ1n) is 6.39. The Kier molecular flexibility index (Phi) is 3.50. The fourth-order valence-electron chi connectivity index (χ4n) is 2.27. The van der Waals surface area contributed by atoms with Gasteiger partial charge < -0.3 is 15.1 Å². The highest BCUT2D eigenvalue weighted by atomic mass is 32.1. The van der Waals surface area contributed by atoms with Crippen LogP contribution in [0.1, 0.15) is 0 Å². The van der Waals surface area contributed by atoms with E-state index < -0.39 is 0 Å². The number of piperazine rings is 1. The van der Waals surface area contributed by atoms with Gasteiger partial charge in [-0.2, -0.15) is 0 Å². The van der Waals surface area contributed by atoms with E-state index >= 15 is 0 Å². The van der Waals surface area contributed by atoms with E-state index in [0.717, 1.165) is 37.0 Å². The molecule has 0 radical (unpaired) electrons. The number of anilines is 3. The molecule has 2 aromatic rings. The summed E-state index contributed by atoms with van der Waals surface area (Å²) in [5.74, 6) is 0. The van der Waals surface area contributed by atoms with Crippen LogP contribution in [0, 0.1) is 0 Å². The van der Waals surface area contributed by atoms with Crippen molar-refractivity contribution in [1.82, 2.24) is 9.97 Å². The average Bonchev–Trinajstić information content (AvgIpc) is 3.02. The summed E-state index contributed by atoms with van der Waals surface area (Å²) >= 11 is 1.71. The Morgan fingerprint density at radius 3 is 2.63 bits per heavy atom. The summed E-state index contributed by atoms with van der Waals surface area (Å²) in [6, 6.07) is 2.14. The van der Waals surface area contributed by atoms with Gasteiger partial charge in [-0.1, -0.05) is 0 Å². The molecule has 2 aromatic heterocycles. The van der Waals surface area contributed by atoms with Gasteiger partial charge in [0.15, 0.2) is 5.13 Å².